The smallest absolute Gasteiger partial charge is 0.226 e. The zero-order chi connectivity index (χ0) is 14.7. The quantitative estimate of drug-likeness (QED) is 0.940. The fraction of sp³-hybridized carbons (Fsp3) is 0.438. The summed E-state index contributed by atoms with van der Waals surface area (Å²) in [5.74, 6) is 0.130. The summed E-state index contributed by atoms with van der Waals surface area (Å²) in [6.07, 6.45) is 4.94. The fourth-order valence-electron chi connectivity index (χ4n) is 2.82. The van der Waals surface area contributed by atoms with Crippen molar-refractivity contribution in [2.24, 2.45) is 0 Å². The number of nitrogens with zero attached hydrogens (tertiary/aromatic N) is 2. The van der Waals surface area contributed by atoms with E-state index < -0.39 is 0 Å². The van der Waals surface area contributed by atoms with Crippen molar-refractivity contribution < 1.29 is 13.9 Å². The van der Waals surface area contributed by atoms with Crippen molar-refractivity contribution in [3.8, 4) is 11.5 Å². The summed E-state index contributed by atoms with van der Waals surface area (Å²) in [6, 6.07) is 6.42. The molecule has 2 heterocycles. The van der Waals surface area contributed by atoms with Gasteiger partial charge in [-0.2, -0.15) is 0 Å². The van der Waals surface area contributed by atoms with E-state index in [1.807, 2.05) is 0 Å². The number of hydrogen-bond donors (Lipinski definition) is 1. The highest BCUT2D eigenvalue weighted by atomic mass is 19.1. The summed E-state index contributed by atoms with van der Waals surface area (Å²) in [6.45, 7) is 1.80. The van der Waals surface area contributed by atoms with Gasteiger partial charge in [-0.05, 0) is 37.6 Å². The van der Waals surface area contributed by atoms with Gasteiger partial charge in [0.05, 0.1) is 12.3 Å². The maximum atomic E-state index is 13.2. The van der Waals surface area contributed by atoms with Crippen molar-refractivity contribution in [2.75, 3.05) is 13.2 Å². The molecule has 0 radical (unpaired) electrons. The molecule has 0 amide bonds. The van der Waals surface area contributed by atoms with Crippen LogP contribution in [0.2, 0.25) is 0 Å². The molecule has 3 rings (SSSR count). The molecule has 0 spiro atoms. The van der Waals surface area contributed by atoms with Crippen LogP contribution in [-0.2, 0) is 6.54 Å². The Kier molecular flexibility index (Phi) is 4.31. The molecule has 1 aliphatic heterocycles. The van der Waals surface area contributed by atoms with Crippen molar-refractivity contribution in [1.82, 2.24) is 9.88 Å². The minimum atomic E-state index is -0.302. The van der Waals surface area contributed by atoms with Crippen LogP contribution in [0.15, 0.2) is 34.9 Å². The Morgan fingerprint density at radius 3 is 3.10 bits per heavy atom. The third-order valence-electron chi connectivity index (χ3n) is 3.95. The first kappa shape index (κ1) is 14.2. The summed E-state index contributed by atoms with van der Waals surface area (Å²) < 4.78 is 18.7. The molecule has 1 fully saturated rings. The zero-order valence-electron chi connectivity index (χ0n) is 11.8. The lowest BCUT2D eigenvalue weighted by Crippen LogP contribution is -2.41. The van der Waals surface area contributed by atoms with Crippen LogP contribution in [-0.4, -0.2) is 34.2 Å². The van der Waals surface area contributed by atoms with E-state index in [2.05, 4.69) is 9.88 Å². The van der Waals surface area contributed by atoms with Gasteiger partial charge in [0.25, 0.3) is 0 Å². The average molecular weight is 290 g/mol. The van der Waals surface area contributed by atoms with Crippen molar-refractivity contribution in [2.45, 2.75) is 31.8 Å². The predicted octanol–water partition coefficient (Wildman–Crippen LogP) is 2.83. The molecule has 0 aliphatic carbocycles. The van der Waals surface area contributed by atoms with E-state index in [4.69, 9.17) is 4.42 Å². The number of halogens is 1. The molecule has 1 aromatic heterocycles. The highest BCUT2D eigenvalue weighted by molar-refractivity contribution is 5.52. The van der Waals surface area contributed by atoms with E-state index in [1.165, 1.54) is 12.1 Å². The molecular weight excluding hydrogens is 271 g/mol. The Morgan fingerprint density at radius 2 is 2.29 bits per heavy atom. The molecule has 1 unspecified atom stereocenters. The summed E-state index contributed by atoms with van der Waals surface area (Å²) >= 11 is 0. The third-order valence-corrected chi connectivity index (χ3v) is 3.95. The van der Waals surface area contributed by atoms with Crippen LogP contribution in [0, 0.1) is 5.82 Å². The van der Waals surface area contributed by atoms with Crippen LogP contribution in [0.25, 0.3) is 11.5 Å². The summed E-state index contributed by atoms with van der Waals surface area (Å²) in [4.78, 5) is 6.66. The summed E-state index contributed by atoms with van der Waals surface area (Å²) in [5.41, 5.74) is 1.45. The van der Waals surface area contributed by atoms with Crippen molar-refractivity contribution in [3.05, 3.63) is 42.0 Å². The van der Waals surface area contributed by atoms with E-state index in [0.717, 1.165) is 31.5 Å². The molecule has 1 aliphatic rings. The molecule has 1 saturated heterocycles. The predicted molar refractivity (Wildman–Crippen MR) is 77.0 cm³/mol. The number of piperidine rings is 1. The van der Waals surface area contributed by atoms with Gasteiger partial charge < -0.3 is 9.52 Å². The van der Waals surface area contributed by atoms with Crippen LogP contribution in [0.1, 0.15) is 25.0 Å². The van der Waals surface area contributed by atoms with E-state index in [0.29, 0.717) is 18.0 Å². The highest BCUT2D eigenvalue weighted by Gasteiger charge is 2.22. The van der Waals surface area contributed by atoms with Gasteiger partial charge in [0.1, 0.15) is 12.1 Å². The van der Waals surface area contributed by atoms with Gasteiger partial charge in [-0.3, -0.25) is 4.90 Å². The lowest BCUT2D eigenvalue weighted by Gasteiger charge is -2.33. The number of benzene rings is 1. The molecule has 1 atom stereocenters. The van der Waals surface area contributed by atoms with Crippen LogP contribution >= 0.6 is 0 Å². The second-order valence-corrected chi connectivity index (χ2v) is 5.46. The first-order valence-electron chi connectivity index (χ1n) is 7.31. The van der Waals surface area contributed by atoms with Gasteiger partial charge in [0.2, 0.25) is 5.89 Å². The number of hydrogen-bond acceptors (Lipinski definition) is 4. The Morgan fingerprint density at radius 1 is 1.38 bits per heavy atom. The van der Waals surface area contributed by atoms with Crippen molar-refractivity contribution in [3.63, 3.8) is 0 Å². The Hall–Kier alpha value is -1.72. The summed E-state index contributed by atoms with van der Waals surface area (Å²) in [7, 11) is 0. The van der Waals surface area contributed by atoms with Crippen molar-refractivity contribution in [1.29, 1.82) is 0 Å². The number of rotatable bonds is 4. The first-order chi connectivity index (χ1) is 10.3. The Balaban J connectivity index is 1.73. The standard InChI is InChI=1S/C16H19FN2O2/c17-13-5-3-4-12(8-13)16-18-14(11-21-16)9-19-7-2-1-6-15(19)10-20/h3-5,8,11,15,20H,1-2,6-7,9-10H2. The van der Waals surface area contributed by atoms with Gasteiger partial charge in [-0.25, -0.2) is 9.37 Å². The van der Waals surface area contributed by atoms with Gasteiger partial charge in [0.15, 0.2) is 0 Å². The topological polar surface area (TPSA) is 49.5 Å². The minimum Gasteiger partial charge on any atom is -0.444 e. The van der Waals surface area contributed by atoms with Crippen molar-refractivity contribution >= 4 is 0 Å². The molecule has 4 nitrogen and oxygen atoms in total. The maximum Gasteiger partial charge on any atom is 0.226 e. The Labute approximate surface area is 123 Å². The molecule has 5 heteroatoms. The normalized spacial score (nSPS) is 19.8. The molecular formula is C16H19FN2O2. The number of aromatic nitrogens is 1. The van der Waals surface area contributed by atoms with E-state index >= 15 is 0 Å². The van der Waals surface area contributed by atoms with Crippen LogP contribution in [0.3, 0.4) is 0 Å². The number of oxazole rings is 1. The van der Waals surface area contributed by atoms with E-state index in [1.54, 1.807) is 18.4 Å². The van der Waals surface area contributed by atoms with Crippen LogP contribution < -0.4 is 0 Å². The second kappa shape index (κ2) is 6.37. The largest absolute Gasteiger partial charge is 0.444 e. The summed E-state index contributed by atoms with van der Waals surface area (Å²) in [5, 5.41) is 9.43. The van der Waals surface area contributed by atoms with Gasteiger partial charge in [0, 0.05) is 18.2 Å². The van der Waals surface area contributed by atoms with Gasteiger partial charge in [-0.15, -0.1) is 0 Å². The lowest BCUT2D eigenvalue weighted by molar-refractivity contribution is 0.0830. The zero-order valence-corrected chi connectivity index (χ0v) is 11.8. The molecule has 21 heavy (non-hydrogen) atoms. The van der Waals surface area contributed by atoms with Crippen LogP contribution in [0.5, 0.6) is 0 Å². The molecule has 1 aromatic carbocycles. The Bertz CT molecular complexity index is 599. The minimum absolute atomic E-state index is 0.175. The fourth-order valence-corrected chi connectivity index (χ4v) is 2.82. The molecule has 112 valence electrons. The molecule has 2 aromatic rings. The lowest BCUT2D eigenvalue weighted by atomic mass is 10.0. The average Bonchev–Trinajstić information content (AvgIpc) is 2.96. The van der Waals surface area contributed by atoms with Gasteiger partial charge >= 0.3 is 0 Å². The highest BCUT2D eigenvalue weighted by Crippen LogP contribution is 2.22. The molecule has 0 saturated carbocycles. The number of aliphatic hydroxyl groups is 1. The SMILES string of the molecule is OCC1CCCCN1Cc1coc(-c2cccc(F)c2)n1. The number of likely N-dealkylation sites (tertiary alicyclic amines) is 1. The third kappa shape index (κ3) is 3.31. The van der Waals surface area contributed by atoms with Gasteiger partial charge in [-0.1, -0.05) is 12.5 Å². The van der Waals surface area contributed by atoms with E-state index in [9.17, 15) is 9.50 Å². The van der Waals surface area contributed by atoms with E-state index in [-0.39, 0.29) is 18.5 Å². The monoisotopic (exact) mass is 290 g/mol. The maximum absolute atomic E-state index is 13.2. The second-order valence-electron chi connectivity index (χ2n) is 5.46. The molecule has 0 bridgehead atoms. The first-order valence-corrected chi connectivity index (χ1v) is 7.31. The molecule has 1 N–H and O–H groups in total. The van der Waals surface area contributed by atoms with Crippen LogP contribution in [0.4, 0.5) is 4.39 Å². The number of aliphatic hydroxyl groups excluding tert-OH is 1.